The highest BCUT2D eigenvalue weighted by Gasteiger charge is 2.40. The Morgan fingerprint density at radius 2 is 2.25 bits per heavy atom. The molecule has 6 heteroatoms. The molecule has 0 spiro atoms. The molecule has 3 N–H and O–H groups in total. The molecule has 0 aromatic carbocycles. The van der Waals surface area contributed by atoms with Gasteiger partial charge in [-0.05, 0) is 0 Å². The molecular weight excluding hydrogens is 202 g/mol. The summed E-state index contributed by atoms with van der Waals surface area (Å²) in [5.74, 6) is 0. The van der Waals surface area contributed by atoms with Gasteiger partial charge in [0, 0.05) is 13.2 Å². The number of nitrogens with two attached hydrogens (primary N) is 1. The van der Waals surface area contributed by atoms with Gasteiger partial charge in [-0.1, -0.05) is 0 Å². The van der Waals surface area contributed by atoms with Crippen LogP contribution in [-0.4, -0.2) is 42.5 Å². The third-order valence-electron chi connectivity index (χ3n) is 1.82. The summed E-state index contributed by atoms with van der Waals surface area (Å²) in [7, 11) is 1.53. The lowest BCUT2D eigenvalue weighted by Crippen LogP contribution is -2.39. The van der Waals surface area contributed by atoms with E-state index in [2.05, 4.69) is 12.6 Å². The molecule has 0 aliphatic carbocycles. The third kappa shape index (κ3) is 2.25. The maximum Gasteiger partial charge on any atom is 0.170 e. The number of methoxy groups -OCH3 is 1. The predicted octanol–water partition coefficient (Wildman–Crippen LogP) is -0.602. The van der Waals surface area contributed by atoms with Gasteiger partial charge in [0.25, 0.3) is 0 Å². The fraction of sp³-hybridized carbons (Fsp3) is 1.00. The molecule has 0 bridgehead atoms. The highest BCUT2D eigenvalue weighted by Crippen LogP contribution is 2.23. The average molecular weight is 216 g/mol. The van der Waals surface area contributed by atoms with E-state index in [9.17, 15) is 0 Å². The van der Waals surface area contributed by atoms with Crippen LogP contribution in [0.3, 0.4) is 0 Å². The second kappa shape index (κ2) is 5.26. The number of thiol groups is 1. The SMILES string of the molecule is COC1OC(CO)C(N)C1S.Cl. The predicted molar refractivity (Wildman–Crippen MR) is 50.8 cm³/mol. The Morgan fingerprint density at radius 3 is 2.50 bits per heavy atom. The van der Waals surface area contributed by atoms with Crippen LogP contribution in [-0.2, 0) is 9.47 Å². The van der Waals surface area contributed by atoms with E-state index < -0.39 is 6.29 Å². The minimum absolute atomic E-state index is 0. The Labute approximate surface area is 83.2 Å². The minimum atomic E-state index is -0.398. The zero-order valence-corrected chi connectivity index (χ0v) is 8.42. The number of ether oxygens (including phenoxy) is 2. The molecule has 1 aliphatic rings. The first kappa shape index (κ1) is 12.5. The van der Waals surface area contributed by atoms with Crippen molar-refractivity contribution in [1.29, 1.82) is 0 Å². The number of hydrogen-bond acceptors (Lipinski definition) is 5. The van der Waals surface area contributed by atoms with Crippen LogP contribution in [0.25, 0.3) is 0 Å². The van der Waals surface area contributed by atoms with Gasteiger partial charge in [0.15, 0.2) is 6.29 Å². The smallest absolute Gasteiger partial charge is 0.170 e. The zero-order chi connectivity index (χ0) is 8.43. The van der Waals surface area contributed by atoms with E-state index in [4.69, 9.17) is 20.3 Å². The number of hydrogen-bond donors (Lipinski definition) is 3. The van der Waals surface area contributed by atoms with Crippen LogP contribution >= 0.6 is 25.0 Å². The summed E-state index contributed by atoms with van der Waals surface area (Å²) in [5.41, 5.74) is 5.66. The van der Waals surface area contributed by atoms with Crippen molar-refractivity contribution in [2.45, 2.75) is 23.7 Å². The second-order valence-electron chi connectivity index (χ2n) is 2.53. The Balaban J connectivity index is 0.00000121. The van der Waals surface area contributed by atoms with Gasteiger partial charge in [0.2, 0.25) is 0 Å². The van der Waals surface area contributed by atoms with E-state index in [1.165, 1.54) is 7.11 Å². The lowest BCUT2D eigenvalue weighted by molar-refractivity contribution is -0.121. The largest absolute Gasteiger partial charge is 0.394 e. The topological polar surface area (TPSA) is 64.7 Å². The number of rotatable bonds is 2. The monoisotopic (exact) mass is 215 g/mol. The molecule has 1 fully saturated rings. The first-order valence-electron chi connectivity index (χ1n) is 3.43. The van der Waals surface area contributed by atoms with Gasteiger partial charge >= 0.3 is 0 Å². The molecule has 1 heterocycles. The van der Waals surface area contributed by atoms with Crippen molar-refractivity contribution in [2.75, 3.05) is 13.7 Å². The molecule has 0 radical (unpaired) electrons. The summed E-state index contributed by atoms with van der Waals surface area (Å²) in [4.78, 5) is 0. The first-order chi connectivity index (χ1) is 5.20. The fourth-order valence-electron chi connectivity index (χ4n) is 1.10. The first-order valence-corrected chi connectivity index (χ1v) is 3.95. The van der Waals surface area contributed by atoms with Gasteiger partial charge in [-0.25, -0.2) is 0 Å². The molecule has 0 aromatic heterocycles. The summed E-state index contributed by atoms with van der Waals surface area (Å²) < 4.78 is 10.1. The normalized spacial score (nSPS) is 41.0. The van der Waals surface area contributed by atoms with E-state index in [-0.39, 0.29) is 36.4 Å². The van der Waals surface area contributed by atoms with Crippen LogP contribution < -0.4 is 5.73 Å². The number of aliphatic hydroxyl groups excluding tert-OH is 1. The van der Waals surface area contributed by atoms with Crippen LogP contribution in [0.15, 0.2) is 0 Å². The van der Waals surface area contributed by atoms with Crippen molar-refractivity contribution in [2.24, 2.45) is 5.73 Å². The van der Waals surface area contributed by atoms with Crippen molar-refractivity contribution in [3.05, 3.63) is 0 Å². The van der Waals surface area contributed by atoms with Gasteiger partial charge < -0.3 is 20.3 Å². The summed E-state index contributed by atoms with van der Waals surface area (Å²) >= 11 is 4.19. The molecule has 12 heavy (non-hydrogen) atoms. The van der Waals surface area contributed by atoms with Crippen molar-refractivity contribution in [3.8, 4) is 0 Å². The fourth-order valence-corrected chi connectivity index (χ4v) is 1.49. The van der Waals surface area contributed by atoms with E-state index in [1.807, 2.05) is 0 Å². The van der Waals surface area contributed by atoms with Crippen molar-refractivity contribution in [3.63, 3.8) is 0 Å². The molecule has 1 saturated heterocycles. The van der Waals surface area contributed by atoms with E-state index in [0.717, 1.165) is 0 Å². The molecular formula is C6H14ClNO3S. The van der Waals surface area contributed by atoms with Crippen LogP contribution in [0, 0.1) is 0 Å². The Kier molecular flexibility index (Phi) is 5.47. The lowest BCUT2D eigenvalue weighted by Gasteiger charge is -2.12. The zero-order valence-electron chi connectivity index (χ0n) is 6.71. The number of halogens is 1. The summed E-state index contributed by atoms with van der Waals surface area (Å²) in [5, 5.41) is 8.62. The van der Waals surface area contributed by atoms with Gasteiger partial charge in [-0.3, -0.25) is 0 Å². The summed E-state index contributed by atoms with van der Waals surface area (Å²) in [6.07, 6.45) is -0.743. The quantitative estimate of drug-likeness (QED) is 0.539. The van der Waals surface area contributed by atoms with Crippen LogP contribution in [0.1, 0.15) is 0 Å². The van der Waals surface area contributed by atoms with Crippen molar-refractivity contribution >= 4 is 25.0 Å². The Bertz CT molecular complexity index is 122. The molecule has 1 rings (SSSR count). The molecule has 0 amide bonds. The highest BCUT2D eigenvalue weighted by molar-refractivity contribution is 7.81. The summed E-state index contributed by atoms with van der Waals surface area (Å²) in [6, 6.07) is -0.256. The van der Waals surface area contributed by atoms with E-state index >= 15 is 0 Å². The number of aliphatic hydroxyl groups is 1. The molecule has 0 aromatic rings. The third-order valence-corrected chi connectivity index (χ3v) is 2.41. The Hall–Kier alpha value is 0.480. The molecule has 4 nitrogen and oxygen atoms in total. The molecule has 0 saturated carbocycles. The van der Waals surface area contributed by atoms with Gasteiger partial charge in [-0.15, -0.1) is 12.4 Å². The lowest BCUT2D eigenvalue weighted by atomic mass is 10.1. The minimum Gasteiger partial charge on any atom is -0.394 e. The molecule has 74 valence electrons. The van der Waals surface area contributed by atoms with Gasteiger partial charge in [-0.2, -0.15) is 12.6 Å². The standard InChI is InChI=1S/C6H13NO3S.ClH/c1-9-6-5(11)4(7)3(2-8)10-6;/h3-6,8,11H,2,7H2,1H3;1H. The van der Waals surface area contributed by atoms with Crippen molar-refractivity contribution < 1.29 is 14.6 Å². The highest BCUT2D eigenvalue weighted by atomic mass is 35.5. The van der Waals surface area contributed by atoms with E-state index in [1.54, 1.807) is 0 Å². The maximum atomic E-state index is 8.77. The second-order valence-corrected chi connectivity index (χ2v) is 3.13. The van der Waals surface area contributed by atoms with Crippen LogP contribution in [0.5, 0.6) is 0 Å². The molecule has 4 unspecified atom stereocenters. The average Bonchev–Trinajstić information content (AvgIpc) is 2.30. The van der Waals surface area contributed by atoms with Crippen molar-refractivity contribution in [1.82, 2.24) is 0 Å². The van der Waals surface area contributed by atoms with E-state index in [0.29, 0.717) is 0 Å². The van der Waals surface area contributed by atoms with Crippen LogP contribution in [0.2, 0.25) is 0 Å². The van der Waals surface area contributed by atoms with Gasteiger partial charge in [0.05, 0.1) is 11.9 Å². The van der Waals surface area contributed by atoms with Gasteiger partial charge in [0.1, 0.15) is 6.10 Å². The van der Waals surface area contributed by atoms with Crippen LogP contribution in [0.4, 0.5) is 0 Å². The Morgan fingerprint density at radius 1 is 1.67 bits per heavy atom. The molecule has 4 atom stereocenters. The molecule has 1 aliphatic heterocycles. The maximum absolute atomic E-state index is 8.77. The summed E-state index contributed by atoms with van der Waals surface area (Å²) in [6.45, 7) is -0.0852.